The first-order valence-corrected chi connectivity index (χ1v) is 6.78. The van der Waals surface area contributed by atoms with Crippen LogP contribution < -0.4 is 15.2 Å². The van der Waals surface area contributed by atoms with Crippen molar-refractivity contribution in [2.24, 2.45) is 0 Å². The number of anilines is 1. The van der Waals surface area contributed by atoms with Gasteiger partial charge in [-0.1, -0.05) is 0 Å². The Bertz CT molecular complexity index is 683. The molecule has 0 aliphatic heterocycles. The number of ether oxygens (including phenoxy) is 2. The molecule has 2 rings (SSSR count). The second-order valence-electron chi connectivity index (χ2n) is 4.26. The largest absolute Gasteiger partial charge is 0.495 e. The summed E-state index contributed by atoms with van der Waals surface area (Å²) in [5.74, 6) is -0.101. The molecule has 0 unspecified atom stereocenters. The maximum atomic E-state index is 13.4. The van der Waals surface area contributed by atoms with Gasteiger partial charge >= 0.3 is 0 Å². The highest BCUT2D eigenvalue weighted by Crippen LogP contribution is 2.38. The second-order valence-corrected chi connectivity index (χ2v) is 5.06. The van der Waals surface area contributed by atoms with E-state index in [9.17, 15) is 9.18 Å². The van der Waals surface area contributed by atoms with Crippen molar-refractivity contribution in [2.75, 3.05) is 20.0 Å². The summed E-state index contributed by atoms with van der Waals surface area (Å²) >= 11 is 3.32. The molecular formula is C15H13BrFNO3. The highest BCUT2D eigenvalue weighted by Gasteiger charge is 2.20. The van der Waals surface area contributed by atoms with Gasteiger partial charge in [0.05, 0.1) is 19.8 Å². The van der Waals surface area contributed by atoms with Crippen LogP contribution >= 0.6 is 15.9 Å². The van der Waals surface area contributed by atoms with E-state index in [0.717, 1.165) is 12.1 Å². The minimum atomic E-state index is -0.565. The van der Waals surface area contributed by atoms with Gasteiger partial charge in [0.25, 0.3) is 0 Å². The first-order valence-electron chi connectivity index (χ1n) is 5.99. The van der Waals surface area contributed by atoms with Crippen molar-refractivity contribution in [1.82, 2.24) is 0 Å². The lowest BCUT2D eigenvalue weighted by Crippen LogP contribution is -2.06. The first-order chi connectivity index (χ1) is 9.97. The van der Waals surface area contributed by atoms with Gasteiger partial charge in [-0.05, 0) is 46.3 Å². The highest BCUT2D eigenvalue weighted by molar-refractivity contribution is 9.10. The number of rotatable bonds is 4. The van der Waals surface area contributed by atoms with E-state index in [0.29, 0.717) is 16.0 Å². The monoisotopic (exact) mass is 353 g/mol. The van der Waals surface area contributed by atoms with E-state index in [-0.39, 0.29) is 22.6 Å². The third kappa shape index (κ3) is 3.00. The minimum absolute atomic E-state index is 0.155. The number of nitrogens with two attached hydrogens (primary N) is 1. The van der Waals surface area contributed by atoms with Gasteiger partial charge in [0.1, 0.15) is 21.8 Å². The number of benzene rings is 2. The van der Waals surface area contributed by atoms with E-state index >= 15 is 0 Å². The zero-order valence-corrected chi connectivity index (χ0v) is 13.0. The van der Waals surface area contributed by atoms with Crippen LogP contribution in [-0.4, -0.2) is 20.0 Å². The second kappa shape index (κ2) is 6.13. The van der Waals surface area contributed by atoms with Crippen molar-refractivity contribution in [3.63, 3.8) is 0 Å². The molecule has 0 radical (unpaired) electrons. The summed E-state index contributed by atoms with van der Waals surface area (Å²) < 4.78 is 24.3. The zero-order valence-electron chi connectivity index (χ0n) is 11.4. The molecule has 0 saturated heterocycles. The van der Waals surface area contributed by atoms with Gasteiger partial charge in [-0.15, -0.1) is 0 Å². The molecule has 21 heavy (non-hydrogen) atoms. The normalized spacial score (nSPS) is 10.3. The van der Waals surface area contributed by atoms with Crippen LogP contribution in [-0.2, 0) is 0 Å². The summed E-state index contributed by atoms with van der Waals surface area (Å²) in [5.41, 5.74) is 6.20. The lowest BCUT2D eigenvalue weighted by atomic mass is 10.0. The molecule has 0 spiro atoms. The molecule has 2 aromatic carbocycles. The molecule has 6 heteroatoms. The topological polar surface area (TPSA) is 61.5 Å². The third-order valence-electron chi connectivity index (χ3n) is 2.91. The van der Waals surface area contributed by atoms with E-state index in [1.165, 1.54) is 20.3 Å². The van der Waals surface area contributed by atoms with E-state index < -0.39 is 5.82 Å². The molecule has 110 valence electrons. The van der Waals surface area contributed by atoms with Crippen molar-refractivity contribution in [3.8, 4) is 11.5 Å². The minimum Gasteiger partial charge on any atom is -0.495 e. The Kier molecular flexibility index (Phi) is 4.47. The molecule has 0 fully saturated rings. The Labute approximate surface area is 129 Å². The predicted molar refractivity (Wildman–Crippen MR) is 81.5 cm³/mol. The molecular weight excluding hydrogens is 341 g/mol. The molecule has 0 aromatic heterocycles. The summed E-state index contributed by atoms with van der Waals surface area (Å²) in [4.78, 5) is 12.5. The Hall–Kier alpha value is -2.08. The number of halogens is 2. The molecule has 2 aromatic rings. The fourth-order valence-corrected chi connectivity index (χ4v) is 2.64. The number of carbonyl (C=O) groups excluding carboxylic acids is 1. The molecule has 0 atom stereocenters. The summed E-state index contributed by atoms with van der Waals surface area (Å²) in [6.07, 6.45) is 0. The quantitative estimate of drug-likeness (QED) is 0.675. The number of hydrogen-bond donors (Lipinski definition) is 1. The van der Waals surface area contributed by atoms with E-state index in [4.69, 9.17) is 15.2 Å². The Morgan fingerprint density at radius 3 is 2.48 bits per heavy atom. The van der Waals surface area contributed by atoms with Gasteiger partial charge < -0.3 is 15.2 Å². The SMILES string of the molecule is COc1ccc(C(=O)c2cc(N)cc(F)c2)c(OC)c1Br. The summed E-state index contributed by atoms with van der Waals surface area (Å²) in [6.45, 7) is 0. The number of ketones is 1. The van der Waals surface area contributed by atoms with Crippen molar-refractivity contribution < 1.29 is 18.7 Å². The number of methoxy groups -OCH3 is 2. The molecule has 0 aliphatic rings. The maximum absolute atomic E-state index is 13.4. The molecule has 4 nitrogen and oxygen atoms in total. The highest BCUT2D eigenvalue weighted by atomic mass is 79.9. The van der Waals surface area contributed by atoms with Crippen LogP contribution in [0.2, 0.25) is 0 Å². The third-order valence-corrected chi connectivity index (χ3v) is 3.66. The molecule has 0 bridgehead atoms. The van der Waals surface area contributed by atoms with E-state index in [1.807, 2.05) is 0 Å². The van der Waals surface area contributed by atoms with Crippen LogP contribution in [0.3, 0.4) is 0 Å². The van der Waals surface area contributed by atoms with Crippen molar-refractivity contribution in [3.05, 3.63) is 51.7 Å². The fourth-order valence-electron chi connectivity index (χ4n) is 1.97. The standard InChI is InChI=1S/C15H13BrFNO3/c1-20-12-4-3-11(15(21-2)13(12)16)14(19)8-5-9(17)7-10(18)6-8/h3-7H,18H2,1-2H3. The fraction of sp³-hybridized carbons (Fsp3) is 0.133. The van der Waals surface area contributed by atoms with Gasteiger partial charge in [-0.2, -0.15) is 0 Å². The number of nitrogen functional groups attached to an aromatic ring is 1. The van der Waals surface area contributed by atoms with Gasteiger partial charge in [0.15, 0.2) is 5.78 Å². The molecule has 2 N–H and O–H groups in total. The lowest BCUT2D eigenvalue weighted by molar-refractivity contribution is 0.103. The van der Waals surface area contributed by atoms with E-state index in [1.54, 1.807) is 12.1 Å². The van der Waals surface area contributed by atoms with Gasteiger partial charge in [0.2, 0.25) is 0 Å². The van der Waals surface area contributed by atoms with Crippen LogP contribution in [0.5, 0.6) is 11.5 Å². The summed E-state index contributed by atoms with van der Waals surface area (Å²) in [7, 11) is 2.95. The van der Waals surface area contributed by atoms with Crippen LogP contribution in [0.25, 0.3) is 0 Å². The lowest BCUT2D eigenvalue weighted by Gasteiger charge is -2.13. The van der Waals surface area contributed by atoms with Gasteiger partial charge in [-0.25, -0.2) is 4.39 Å². The predicted octanol–water partition coefficient (Wildman–Crippen LogP) is 3.42. The summed E-state index contributed by atoms with van der Waals surface area (Å²) in [6, 6.07) is 6.89. The van der Waals surface area contributed by atoms with Crippen molar-refractivity contribution in [1.29, 1.82) is 0 Å². The Balaban J connectivity index is 2.55. The van der Waals surface area contributed by atoms with Crippen LogP contribution in [0.4, 0.5) is 10.1 Å². The Morgan fingerprint density at radius 2 is 1.90 bits per heavy atom. The average Bonchev–Trinajstić information content (AvgIpc) is 2.45. The molecule has 0 amide bonds. The van der Waals surface area contributed by atoms with Gasteiger partial charge in [0, 0.05) is 11.3 Å². The number of hydrogen-bond acceptors (Lipinski definition) is 4. The molecule has 0 heterocycles. The van der Waals surface area contributed by atoms with Crippen molar-refractivity contribution >= 4 is 27.4 Å². The smallest absolute Gasteiger partial charge is 0.196 e. The van der Waals surface area contributed by atoms with Crippen molar-refractivity contribution in [2.45, 2.75) is 0 Å². The molecule has 0 aliphatic carbocycles. The van der Waals surface area contributed by atoms with Crippen LogP contribution in [0.15, 0.2) is 34.8 Å². The molecule has 0 saturated carbocycles. The average molecular weight is 354 g/mol. The van der Waals surface area contributed by atoms with Crippen LogP contribution in [0.1, 0.15) is 15.9 Å². The maximum Gasteiger partial charge on any atom is 0.196 e. The van der Waals surface area contributed by atoms with Crippen LogP contribution in [0, 0.1) is 5.82 Å². The van der Waals surface area contributed by atoms with Gasteiger partial charge in [-0.3, -0.25) is 4.79 Å². The zero-order chi connectivity index (χ0) is 15.6. The first kappa shape index (κ1) is 15.3. The summed E-state index contributed by atoms with van der Waals surface area (Å²) in [5, 5.41) is 0. The Morgan fingerprint density at radius 1 is 1.19 bits per heavy atom. The number of carbonyl (C=O) groups is 1. The van der Waals surface area contributed by atoms with E-state index in [2.05, 4.69) is 15.9 Å².